The molecule has 4 rings (SSSR count). The van der Waals surface area contributed by atoms with Crippen LogP contribution in [-0.4, -0.2) is 13.4 Å². The maximum absolute atomic E-state index is 13.0. The minimum absolute atomic E-state index is 0.128. The normalized spacial score (nSPS) is 11.9. The first-order valence-electron chi connectivity index (χ1n) is 8.50. The number of nitrogens with one attached hydrogen (secondary N) is 1. The van der Waals surface area contributed by atoms with Crippen LogP contribution in [0.4, 0.5) is 5.69 Å². The summed E-state index contributed by atoms with van der Waals surface area (Å²) in [6.45, 7) is 5.96. The topological polar surface area (TPSA) is 59.1 Å². The number of thiophene rings is 2. The first kappa shape index (κ1) is 19.4. The minimum atomic E-state index is -3.78. The highest BCUT2D eigenvalue weighted by Gasteiger charge is 2.22. The van der Waals surface area contributed by atoms with Crippen molar-refractivity contribution < 1.29 is 8.42 Å². The summed E-state index contributed by atoms with van der Waals surface area (Å²) in [6.07, 6.45) is 0. The highest BCUT2D eigenvalue weighted by Crippen LogP contribution is 2.44. The van der Waals surface area contributed by atoms with Gasteiger partial charge in [0, 0.05) is 36.3 Å². The van der Waals surface area contributed by atoms with Crippen molar-refractivity contribution >= 4 is 60.2 Å². The second-order valence-electron chi connectivity index (χ2n) is 6.50. The van der Waals surface area contributed by atoms with Crippen molar-refractivity contribution in [1.82, 2.24) is 4.98 Å². The van der Waals surface area contributed by atoms with Gasteiger partial charge in [-0.15, -0.1) is 22.7 Å². The zero-order valence-electron chi connectivity index (χ0n) is 15.4. The third-order valence-electron chi connectivity index (χ3n) is 4.30. The Morgan fingerprint density at radius 2 is 1.82 bits per heavy atom. The second kappa shape index (κ2) is 7.15. The third-order valence-corrected chi connectivity index (χ3v) is 7.92. The molecule has 0 atom stereocenters. The van der Waals surface area contributed by atoms with Gasteiger partial charge in [-0.25, -0.2) is 13.4 Å². The van der Waals surface area contributed by atoms with Crippen LogP contribution in [0.2, 0.25) is 5.02 Å². The Hall–Kier alpha value is -1.93. The number of anilines is 1. The number of hydrogen-bond donors (Lipinski definition) is 1. The SMILES string of the molecule is Cc1cc(NS(=O)(=O)c2cccc(Cl)c2)c2c(-c3ccc(C)s3)c(C)sc2n1. The Bertz CT molecular complexity index is 1310. The number of benzene rings is 1. The van der Waals surface area contributed by atoms with Gasteiger partial charge in [-0.05, 0) is 57.2 Å². The van der Waals surface area contributed by atoms with Crippen molar-refractivity contribution in [2.75, 3.05) is 4.72 Å². The lowest BCUT2D eigenvalue weighted by Crippen LogP contribution is -2.13. The van der Waals surface area contributed by atoms with E-state index in [-0.39, 0.29) is 4.90 Å². The Labute approximate surface area is 176 Å². The molecule has 0 aliphatic carbocycles. The summed E-state index contributed by atoms with van der Waals surface area (Å²) in [6, 6.07) is 12.2. The average molecular weight is 449 g/mol. The number of halogens is 1. The van der Waals surface area contributed by atoms with Crippen LogP contribution in [0.1, 0.15) is 15.4 Å². The molecule has 8 heteroatoms. The number of fused-ring (bicyclic) bond motifs is 1. The summed E-state index contributed by atoms with van der Waals surface area (Å²) < 4.78 is 28.7. The van der Waals surface area contributed by atoms with Crippen LogP contribution < -0.4 is 4.72 Å². The molecule has 0 fully saturated rings. The fourth-order valence-corrected chi connectivity index (χ4v) is 6.63. The van der Waals surface area contributed by atoms with Gasteiger partial charge >= 0.3 is 0 Å². The van der Waals surface area contributed by atoms with Gasteiger partial charge in [0.2, 0.25) is 0 Å². The summed E-state index contributed by atoms with van der Waals surface area (Å²) in [5.74, 6) is 0. The fourth-order valence-electron chi connectivity index (χ4n) is 3.12. The van der Waals surface area contributed by atoms with Crippen molar-refractivity contribution in [3.63, 3.8) is 0 Å². The smallest absolute Gasteiger partial charge is 0.261 e. The Kier molecular flexibility index (Phi) is 4.95. The van der Waals surface area contributed by atoms with Crippen LogP contribution in [0.25, 0.3) is 20.7 Å². The lowest BCUT2D eigenvalue weighted by atomic mass is 10.1. The molecule has 144 valence electrons. The molecule has 0 unspecified atom stereocenters. The largest absolute Gasteiger partial charge is 0.279 e. The fraction of sp³-hybridized carbons (Fsp3) is 0.150. The van der Waals surface area contributed by atoms with Crippen LogP contribution >= 0.6 is 34.3 Å². The molecule has 0 saturated heterocycles. The average Bonchev–Trinajstić information content (AvgIpc) is 3.16. The van der Waals surface area contributed by atoms with Crippen LogP contribution in [0.5, 0.6) is 0 Å². The van der Waals surface area contributed by atoms with Crippen molar-refractivity contribution in [3.05, 3.63) is 62.9 Å². The Morgan fingerprint density at radius 3 is 2.50 bits per heavy atom. The van der Waals surface area contributed by atoms with E-state index in [1.54, 1.807) is 40.9 Å². The molecule has 1 N–H and O–H groups in total. The van der Waals surface area contributed by atoms with E-state index in [2.05, 4.69) is 28.8 Å². The molecule has 0 bridgehead atoms. The molecule has 28 heavy (non-hydrogen) atoms. The van der Waals surface area contributed by atoms with Gasteiger partial charge < -0.3 is 0 Å². The molecule has 0 spiro atoms. The van der Waals surface area contributed by atoms with Crippen molar-refractivity contribution in [3.8, 4) is 10.4 Å². The van der Waals surface area contributed by atoms with E-state index in [9.17, 15) is 8.42 Å². The van der Waals surface area contributed by atoms with Gasteiger partial charge in [0.25, 0.3) is 10.0 Å². The van der Waals surface area contributed by atoms with E-state index in [4.69, 9.17) is 11.6 Å². The first-order chi connectivity index (χ1) is 13.2. The van der Waals surface area contributed by atoms with E-state index in [1.807, 2.05) is 13.8 Å². The molecule has 0 aliphatic heterocycles. The highest BCUT2D eigenvalue weighted by atomic mass is 35.5. The van der Waals surface area contributed by atoms with Crippen LogP contribution in [-0.2, 0) is 10.0 Å². The summed E-state index contributed by atoms with van der Waals surface area (Å²) >= 11 is 9.25. The maximum Gasteiger partial charge on any atom is 0.261 e. The predicted octanol–water partition coefficient (Wildman–Crippen LogP) is 6.40. The number of hydrogen-bond acceptors (Lipinski definition) is 5. The number of pyridine rings is 1. The Morgan fingerprint density at radius 1 is 1.04 bits per heavy atom. The van der Waals surface area contributed by atoms with Crippen LogP contribution in [0, 0.1) is 20.8 Å². The van der Waals surface area contributed by atoms with Crippen molar-refractivity contribution in [2.24, 2.45) is 0 Å². The summed E-state index contributed by atoms with van der Waals surface area (Å²) in [5.41, 5.74) is 2.33. The van der Waals surface area contributed by atoms with Crippen molar-refractivity contribution in [1.29, 1.82) is 0 Å². The number of aryl methyl sites for hydroxylation is 3. The molecule has 1 aromatic carbocycles. The highest BCUT2D eigenvalue weighted by molar-refractivity contribution is 7.92. The van der Waals surface area contributed by atoms with Crippen molar-refractivity contribution in [2.45, 2.75) is 25.7 Å². The van der Waals surface area contributed by atoms with E-state index >= 15 is 0 Å². The van der Waals surface area contributed by atoms with Crippen LogP contribution in [0.3, 0.4) is 0 Å². The van der Waals surface area contributed by atoms with E-state index in [1.165, 1.54) is 17.0 Å². The maximum atomic E-state index is 13.0. The quantitative estimate of drug-likeness (QED) is 0.392. The monoisotopic (exact) mass is 448 g/mol. The third kappa shape index (κ3) is 3.55. The molecule has 0 radical (unpaired) electrons. The lowest BCUT2D eigenvalue weighted by Gasteiger charge is -2.11. The van der Waals surface area contributed by atoms with Gasteiger partial charge in [0.05, 0.1) is 10.6 Å². The molecular formula is C20H17ClN2O2S3. The summed E-state index contributed by atoms with van der Waals surface area (Å²) in [7, 11) is -3.78. The summed E-state index contributed by atoms with van der Waals surface area (Å²) in [4.78, 5) is 9.00. The summed E-state index contributed by atoms with van der Waals surface area (Å²) in [5, 5.41) is 1.21. The molecule has 0 amide bonds. The number of nitrogens with zero attached hydrogens (tertiary/aromatic N) is 1. The number of rotatable bonds is 4. The molecule has 3 heterocycles. The molecule has 0 aliphatic rings. The molecule has 4 aromatic rings. The van der Waals surface area contributed by atoms with E-state index in [0.29, 0.717) is 10.7 Å². The standard InChI is InChI=1S/C20H17ClN2O2S3/c1-11-9-16(23-28(24,25)15-6-4-5-14(21)10-15)19-18(13(3)27-20(19)22-11)17-8-7-12(2)26-17/h4-10H,1-3H3,(H,22,23). The molecule has 3 aromatic heterocycles. The van der Waals surface area contributed by atoms with Gasteiger partial charge in [0.1, 0.15) is 4.83 Å². The second-order valence-corrected chi connectivity index (χ2v) is 11.1. The van der Waals surface area contributed by atoms with Gasteiger partial charge in [-0.2, -0.15) is 0 Å². The molecular weight excluding hydrogens is 432 g/mol. The predicted molar refractivity (Wildman–Crippen MR) is 119 cm³/mol. The Balaban J connectivity index is 1.92. The van der Waals surface area contributed by atoms with Gasteiger partial charge in [-0.1, -0.05) is 17.7 Å². The number of sulfonamides is 1. The number of aromatic nitrogens is 1. The van der Waals surface area contributed by atoms with E-state index in [0.717, 1.165) is 31.2 Å². The van der Waals surface area contributed by atoms with Gasteiger partial charge in [0.15, 0.2) is 0 Å². The first-order valence-corrected chi connectivity index (χ1v) is 12.0. The van der Waals surface area contributed by atoms with Crippen LogP contribution in [0.15, 0.2) is 47.4 Å². The zero-order valence-corrected chi connectivity index (χ0v) is 18.6. The molecule has 4 nitrogen and oxygen atoms in total. The van der Waals surface area contributed by atoms with Gasteiger partial charge in [-0.3, -0.25) is 4.72 Å². The molecule has 0 saturated carbocycles. The lowest BCUT2D eigenvalue weighted by molar-refractivity contribution is 0.601. The zero-order chi connectivity index (χ0) is 20.1. The van der Waals surface area contributed by atoms with E-state index < -0.39 is 10.0 Å². The minimum Gasteiger partial charge on any atom is -0.279 e.